The first kappa shape index (κ1) is 23.0. The molecule has 0 fully saturated rings. The Labute approximate surface area is 220 Å². The fourth-order valence-corrected chi connectivity index (χ4v) is 6.67. The van der Waals surface area contributed by atoms with E-state index in [9.17, 15) is 4.79 Å². The lowest BCUT2D eigenvalue weighted by Gasteiger charge is -2.36. The summed E-state index contributed by atoms with van der Waals surface area (Å²) < 4.78 is 18.6. The van der Waals surface area contributed by atoms with Crippen LogP contribution in [0.3, 0.4) is 0 Å². The summed E-state index contributed by atoms with van der Waals surface area (Å²) in [5.41, 5.74) is 2.68. The molecule has 2 aliphatic heterocycles. The normalized spacial score (nSPS) is 16.9. The summed E-state index contributed by atoms with van der Waals surface area (Å²) in [6.45, 7) is 0. The van der Waals surface area contributed by atoms with Crippen LogP contribution in [0.5, 0.6) is 23.0 Å². The Bertz CT molecular complexity index is 1500. The maximum atomic E-state index is 12.9. The highest BCUT2D eigenvalue weighted by molar-refractivity contribution is 8.83. The number of fused-ring (bicyclic) bond motifs is 6. The maximum Gasteiger partial charge on any atom is 0.340 e. The van der Waals surface area contributed by atoms with Crippen LogP contribution in [0.2, 0.25) is 0 Å². The van der Waals surface area contributed by atoms with Crippen molar-refractivity contribution in [2.24, 2.45) is 0 Å². The average molecular weight is 532 g/mol. The van der Waals surface area contributed by atoms with Crippen molar-refractivity contribution < 1.29 is 24.1 Å². The lowest BCUT2D eigenvalue weighted by Crippen LogP contribution is -2.32. The topological polar surface area (TPSA) is 67.7 Å². The fourth-order valence-electron chi connectivity index (χ4n) is 4.55. The van der Waals surface area contributed by atoms with Gasteiger partial charge in [-0.3, -0.25) is 0 Å². The predicted octanol–water partition coefficient (Wildman–Crippen LogP) is 6.94. The smallest absolute Gasteiger partial charge is 0.340 e. The average Bonchev–Trinajstić information content (AvgIpc) is 3.17. The van der Waals surface area contributed by atoms with Crippen LogP contribution >= 0.6 is 33.8 Å². The van der Waals surface area contributed by atoms with Crippen LogP contribution in [0.1, 0.15) is 32.6 Å². The Hall–Kier alpha value is -3.46. The molecule has 5 nitrogen and oxygen atoms in total. The molecule has 0 radical (unpaired) electrons. The van der Waals surface area contributed by atoms with Crippen molar-refractivity contribution in [3.8, 4) is 23.0 Å². The fraction of sp³-hybridized carbons (Fsp3) is 0.0714. The van der Waals surface area contributed by atoms with E-state index in [-0.39, 0.29) is 0 Å². The molecule has 8 heteroatoms. The minimum atomic E-state index is -1.16. The monoisotopic (exact) mass is 531 g/mol. The SMILES string of the molecule is O=C1OC2(c3ccc([OH2+])cc3Oc3cc(OC(=S)SSCc4ccccc4)ccc32)c2ccccc21. The molecule has 2 N–H and O–H groups in total. The van der Waals surface area contributed by atoms with Gasteiger partial charge in [-0.25, -0.2) is 4.79 Å². The molecule has 2 aliphatic rings. The van der Waals surface area contributed by atoms with E-state index in [4.69, 9.17) is 31.5 Å². The molecule has 36 heavy (non-hydrogen) atoms. The van der Waals surface area contributed by atoms with Gasteiger partial charge in [-0.1, -0.05) is 59.3 Å². The van der Waals surface area contributed by atoms with Gasteiger partial charge in [0.15, 0.2) is 5.60 Å². The highest BCUT2D eigenvalue weighted by atomic mass is 33.1. The highest BCUT2D eigenvalue weighted by Gasteiger charge is 2.53. The van der Waals surface area contributed by atoms with Crippen LogP contribution < -0.4 is 9.47 Å². The van der Waals surface area contributed by atoms with Gasteiger partial charge in [-0.2, -0.15) is 0 Å². The summed E-state index contributed by atoms with van der Waals surface area (Å²) in [6.07, 6.45) is 0. The van der Waals surface area contributed by atoms with Crippen LogP contribution in [0.4, 0.5) is 0 Å². The number of rotatable bonds is 4. The van der Waals surface area contributed by atoms with Crippen molar-refractivity contribution in [1.82, 2.24) is 0 Å². The van der Waals surface area contributed by atoms with E-state index < -0.39 is 11.6 Å². The number of hydrogen-bond acceptors (Lipinski definition) is 7. The van der Waals surface area contributed by atoms with Crippen LogP contribution in [-0.4, -0.2) is 15.5 Å². The molecule has 0 aromatic heterocycles. The number of carbonyl (C=O) groups is 1. The molecule has 0 bridgehead atoms. The van der Waals surface area contributed by atoms with Crippen LogP contribution in [0.25, 0.3) is 0 Å². The van der Waals surface area contributed by atoms with Crippen LogP contribution in [0, 0.1) is 0 Å². The minimum Gasteiger partial charge on any atom is -0.593 e. The second kappa shape index (κ2) is 9.20. The Morgan fingerprint density at radius 2 is 1.61 bits per heavy atom. The molecule has 2 heterocycles. The molecule has 0 aliphatic carbocycles. The zero-order chi connectivity index (χ0) is 24.7. The number of ether oxygens (including phenoxy) is 3. The largest absolute Gasteiger partial charge is 0.593 e. The molecule has 1 unspecified atom stereocenters. The molecule has 4 aromatic rings. The molecular formula is C28H19O5S3+. The molecule has 0 amide bonds. The Balaban J connectivity index is 1.31. The van der Waals surface area contributed by atoms with Gasteiger partial charge in [0.25, 0.3) is 5.75 Å². The summed E-state index contributed by atoms with van der Waals surface area (Å²) in [5, 5.41) is 8.09. The van der Waals surface area contributed by atoms with Crippen molar-refractivity contribution in [3.63, 3.8) is 0 Å². The van der Waals surface area contributed by atoms with Gasteiger partial charge in [-0.05, 0) is 52.8 Å². The van der Waals surface area contributed by atoms with Gasteiger partial charge < -0.3 is 19.3 Å². The first-order chi connectivity index (χ1) is 17.5. The Morgan fingerprint density at radius 1 is 0.889 bits per heavy atom. The van der Waals surface area contributed by atoms with Crippen molar-refractivity contribution in [1.29, 1.82) is 0 Å². The number of benzene rings is 4. The molecule has 6 rings (SSSR count). The van der Waals surface area contributed by atoms with E-state index in [1.54, 1.807) is 47.2 Å². The third kappa shape index (κ3) is 3.91. The zero-order valence-electron chi connectivity index (χ0n) is 18.7. The number of esters is 1. The zero-order valence-corrected chi connectivity index (χ0v) is 21.2. The van der Waals surface area contributed by atoms with Gasteiger partial charge in [0.1, 0.15) is 17.2 Å². The van der Waals surface area contributed by atoms with Crippen molar-refractivity contribution in [3.05, 3.63) is 119 Å². The van der Waals surface area contributed by atoms with E-state index in [1.807, 2.05) is 42.5 Å². The Kier molecular flexibility index (Phi) is 5.87. The van der Waals surface area contributed by atoms with Gasteiger partial charge in [-0.15, -0.1) is 0 Å². The second-order valence-corrected chi connectivity index (χ2v) is 11.2. The molecular weight excluding hydrogens is 513 g/mol. The van der Waals surface area contributed by atoms with Crippen LogP contribution in [-0.2, 0) is 16.1 Å². The van der Waals surface area contributed by atoms with Gasteiger partial charge in [0, 0.05) is 34.6 Å². The summed E-state index contributed by atoms with van der Waals surface area (Å²) in [4.78, 5) is 12.9. The molecule has 0 saturated heterocycles. The van der Waals surface area contributed by atoms with E-state index in [0.717, 1.165) is 11.3 Å². The van der Waals surface area contributed by atoms with E-state index in [1.165, 1.54) is 16.4 Å². The number of thiocarbonyl (C=S) groups is 1. The van der Waals surface area contributed by atoms with Crippen molar-refractivity contribution in [2.45, 2.75) is 11.4 Å². The lowest BCUT2D eigenvalue weighted by molar-refractivity contribution is 0.0224. The summed E-state index contributed by atoms with van der Waals surface area (Å²) in [7, 11) is 3.00. The molecule has 4 aromatic carbocycles. The molecule has 178 valence electrons. The van der Waals surface area contributed by atoms with Crippen molar-refractivity contribution >= 4 is 44.2 Å². The quantitative estimate of drug-likeness (QED) is 0.122. The standard InChI is InChI=1S/C28H18O5S3/c29-18-10-12-22-24(14-18)32-25-15-19(31-27(34)36-35-16-17-6-2-1-3-7-17)11-13-23(25)28(22)21-9-5-4-8-20(21)26(30)33-28/h1-15,29H,16H2/p+1. The molecule has 1 spiro atoms. The van der Waals surface area contributed by atoms with Crippen molar-refractivity contribution in [2.75, 3.05) is 0 Å². The third-order valence-electron chi connectivity index (χ3n) is 6.08. The number of carbonyl (C=O) groups excluding carboxylic acids is 1. The minimum absolute atomic E-state index is 0.297. The molecule has 1 atom stereocenters. The van der Waals surface area contributed by atoms with E-state index in [0.29, 0.717) is 44.1 Å². The Morgan fingerprint density at radius 3 is 2.44 bits per heavy atom. The third-order valence-corrected chi connectivity index (χ3v) is 8.68. The predicted molar refractivity (Wildman–Crippen MR) is 146 cm³/mol. The van der Waals surface area contributed by atoms with E-state index >= 15 is 0 Å². The molecule has 0 saturated carbocycles. The first-order valence-corrected chi connectivity index (χ1v) is 13.8. The number of hydrogen-bond donors (Lipinski definition) is 0. The summed E-state index contributed by atoms with van der Waals surface area (Å²) >= 11 is 5.44. The van der Waals surface area contributed by atoms with Crippen LogP contribution in [0.15, 0.2) is 91.0 Å². The van der Waals surface area contributed by atoms with Gasteiger partial charge in [0.2, 0.25) is 4.38 Å². The van der Waals surface area contributed by atoms with Gasteiger partial charge in [0.05, 0.1) is 11.6 Å². The first-order valence-electron chi connectivity index (χ1n) is 11.1. The van der Waals surface area contributed by atoms with E-state index in [2.05, 4.69) is 12.1 Å². The van der Waals surface area contributed by atoms with Gasteiger partial charge >= 0.3 is 5.97 Å². The second-order valence-electron chi connectivity index (χ2n) is 8.27. The highest BCUT2D eigenvalue weighted by Crippen LogP contribution is 2.57. The lowest BCUT2D eigenvalue weighted by atomic mass is 9.77. The summed E-state index contributed by atoms with van der Waals surface area (Å²) in [5.74, 6) is 2.18. The summed E-state index contributed by atoms with van der Waals surface area (Å²) in [6, 6.07) is 28.0. The maximum absolute atomic E-state index is 12.9.